The highest BCUT2D eigenvalue weighted by molar-refractivity contribution is 9.10. The average molecular weight is 504 g/mol. The summed E-state index contributed by atoms with van der Waals surface area (Å²) >= 11 is 6.81. The minimum atomic E-state index is -0.236. The summed E-state index contributed by atoms with van der Waals surface area (Å²) in [6, 6.07) is 12.7. The molecule has 0 aliphatic heterocycles. The van der Waals surface area contributed by atoms with Crippen molar-refractivity contribution in [2.45, 2.75) is 19.8 Å². The van der Waals surface area contributed by atoms with Crippen LogP contribution < -0.4 is 10.3 Å². The Bertz CT molecular complexity index is 1150. The second-order valence-electron chi connectivity index (χ2n) is 5.93. The van der Waals surface area contributed by atoms with Crippen LogP contribution in [0.3, 0.4) is 0 Å². The first kappa shape index (κ1) is 20.2. The lowest BCUT2D eigenvalue weighted by molar-refractivity contribution is 0.367. The van der Waals surface area contributed by atoms with Gasteiger partial charge >= 0.3 is 0 Å². The fourth-order valence-electron chi connectivity index (χ4n) is 2.68. The van der Waals surface area contributed by atoms with Gasteiger partial charge < -0.3 is 4.74 Å². The van der Waals surface area contributed by atoms with E-state index in [9.17, 15) is 4.79 Å². The minimum absolute atomic E-state index is 0.0743. The highest BCUT2D eigenvalue weighted by Gasteiger charge is 2.11. The fourth-order valence-corrected chi connectivity index (χ4v) is 3.42. The van der Waals surface area contributed by atoms with Crippen molar-refractivity contribution in [3.8, 4) is 11.8 Å². The van der Waals surface area contributed by atoms with Crippen molar-refractivity contribution in [1.29, 1.82) is 5.26 Å². The van der Waals surface area contributed by atoms with Crippen LogP contribution in [0.15, 0.2) is 55.2 Å². The van der Waals surface area contributed by atoms with Crippen LogP contribution in [0, 0.1) is 11.3 Å². The number of nitriles is 1. The molecule has 0 saturated carbocycles. The standard InChI is InChI=1S/C20H16Br2N4O2/c1-2-3-19-25-17-6-4-15(22)11-16(17)20(27)26(19)24-12-13-10-14(21)5-7-18(13)28-9-8-23/h4-7,10-12H,2-3,9H2,1H3. The zero-order valence-corrected chi connectivity index (χ0v) is 18.2. The van der Waals surface area contributed by atoms with Crippen molar-refractivity contribution < 1.29 is 4.74 Å². The van der Waals surface area contributed by atoms with E-state index < -0.39 is 0 Å². The maximum Gasteiger partial charge on any atom is 0.282 e. The van der Waals surface area contributed by atoms with Crippen LogP contribution in [0.2, 0.25) is 0 Å². The number of aromatic nitrogens is 2. The van der Waals surface area contributed by atoms with E-state index in [0.29, 0.717) is 34.5 Å². The van der Waals surface area contributed by atoms with Crippen LogP contribution in [0.4, 0.5) is 0 Å². The van der Waals surface area contributed by atoms with Crippen molar-refractivity contribution >= 4 is 49.0 Å². The summed E-state index contributed by atoms with van der Waals surface area (Å²) in [6.07, 6.45) is 3.00. The quantitative estimate of drug-likeness (QED) is 0.458. The summed E-state index contributed by atoms with van der Waals surface area (Å²) in [6.45, 7) is 1.95. The van der Waals surface area contributed by atoms with E-state index in [2.05, 4.69) is 41.9 Å². The topological polar surface area (TPSA) is 80.3 Å². The van der Waals surface area contributed by atoms with Gasteiger partial charge in [0.05, 0.1) is 17.1 Å². The molecule has 6 nitrogen and oxygen atoms in total. The molecule has 142 valence electrons. The molecular formula is C20H16Br2N4O2. The zero-order valence-electron chi connectivity index (χ0n) is 15.0. The lowest BCUT2D eigenvalue weighted by atomic mass is 10.2. The summed E-state index contributed by atoms with van der Waals surface area (Å²) in [5.41, 5.74) is 1.05. The van der Waals surface area contributed by atoms with Gasteiger partial charge in [-0.1, -0.05) is 38.8 Å². The molecule has 1 aromatic heterocycles. The van der Waals surface area contributed by atoms with Gasteiger partial charge in [-0.2, -0.15) is 15.0 Å². The molecule has 0 unspecified atom stereocenters. The molecule has 3 rings (SSSR count). The Balaban J connectivity index is 2.12. The largest absolute Gasteiger partial charge is 0.478 e. The van der Waals surface area contributed by atoms with E-state index >= 15 is 0 Å². The Morgan fingerprint density at radius 1 is 1.25 bits per heavy atom. The lowest BCUT2D eigenvalue weighted by Crippen LogP contribution is -2.22. The minimum Gasteiger partial charge on any atom is -0.478 e. The first-order chi connectivity index (χ1) is 13.5. The molecule has 0 saturated heterocycles. The van der Waals surface area contributed by atoms with E-state index in [0.717, 1.165) is 15.4 Å². The van der Waals surface area contributed by atoms with E-state index in [1.54, 1.807) is 18.3 Å². The number of nitrogens with zero attached hydrogens (tertiary/aromatic N) is 4. The Labute approximate surface area is 178 Å². The summed E-state index contributed by atoms with van der Waals surface area (Å²) in [4.78, 5) is 17.6. The SMILES string of the molecule is CCCc1nc2ccc(Br)cc2c(=O)n1N=Cc1cc(Br)ccc1OCC#N. The maximum absolute atomic E-state index is 13.0. The number of benzene rings is 2. The third-order valence-corrected chi connectivity index (χ3v) is 4.91. The molecule has 3 aromatic rings. The number of aryl methyl sites for hydroxylation is 1. The molecule has 28 heavy (non-hydrogen) atoms. The highest BCUT2D eigenvalue weighted by atomic mass is 79.9. The van der Waals surface area contributed by atoms with Crippen molar-refractivity contribution in [1.82, 2.24) is 9.66 Å². The lowest BCUT2D eigenvalue weighted by Gasteiger charge is -2.10. The summed E-state index contributed by atoms with van der Waals surface area (Å²) in [5.74, 6) is 1.10. The van der Waals surface area contributed by atoms with Crippen LogP contribution in [0.1, 0.15) is 24.7 Å². The monoisotopic (exact) mass is 502 g/mol. The molecule has 2 aromatic carbocycles. The van der Waals surface area contributed by atoms with E-state index in [4.69, 9.17) is 10.00 Å². The second kappa shape index (κ2) is 9.13. The first-order valence-electron chi connectivity index (χ1n) is 8.58. The molecule has 0 atom stereocenters. The molecule has 0 aliphatic carbocycles. The third-order valence-electron chi connectivity index (χ3n) is 3.93. The highest BCUT2D eigenvalue weighted by Crippen LogP contribution is 2.22. The van der Waals surface area contributed by atoms with Crippen molar-refractivity contribution in [3.05, 3.63) is 67.1 Å². The first-order valence-corrected chi connectivity index (χ1v) is 10.2. The van der Waals surface area contributed by atoms with Gasteiger partial charge in [-0.15, -0.1) is 0 Å². The number of rotatable bonds is 6. The van der Waals surface area contributed by atoms with Gasteiger partial charge in [-0.3, -0.25) is 4.79 Å². The maximum atomic E-state index is 13.0. The molecule has 0 radical (unpaired) electrons. The number of fused-ring (bicyclic) bond motifs is 1. The number of hydrogen-bond donors (Lipinski definition) is 0. The van der Waals surface area contributed by atoms with E-state index in [1.807, 2.05) is 37.3 Å². The molecule has 0 fully saturated rings. The fraction of sp³-hybridized carbons (Fsp3) is 0.200. The molecule has 0 spiro atoms. The van der Waals surface area contributed by atoms with Crippen molar-refractivity contribution in [3.63, 3.8) is 0 Å². The summed E-state index contributed by atoms with van der Waals surface area (Å²) in [7, 11) is 0. The third kappa shape index (κ3) is 4.49. The molecule has 8 heteroatoms. The number of ether oxygens (including phenoxy) is 1. The van der Waals surface area contributed by atoms with Gasteiger partial charge in [0.15, 0.2) is 6.61 Å². The van der Waals surface area contributed by atoms with Crippen LogP contribution in [0.5, 0.6) is 5.75 Å². The van der Waals surface area contributed by atoms with Gasteiger partial charge in [-0.25, -0.2) is 4.98 Å². The Morgan fingerprint density at radius 3 is 2.75 bits per heavy atom. The van der Waals surface area contributed by atoms with Crippen LogP contribution in [-0.2, 0) is 6.42 Å². The normalized spacial score (nSPS) is 11.1. The van der Waals surface area contributed by atoms with Crippen molar-refractivity contribution in [2.75, 3.05) is 6.61 Å². The molecule has 0 N–H and O–H groups in total. The summed E-state index contributed by atoms with van der Waals surface area (Å²) < 4.78 is 8.40. The zero-order chi connectivity index (χ0) is 20.1. The van der Waals surface area contributed by atoms with E-state index in [1.165, 1.54) is 4.68 Å². The molecular weight excluding hydrogens is 488 g/mol. The Kier molecular flexibility index (Phi) is 6.60. The molecule has 0 aliphatic rings. The molecule has 0 amide bonds. The number of hydrogen-bond acceptors (Lipinski definition) is 5. The van der Waals surface area contributed by atoms with Gasteiger partial charge in [0.1, 0.15) is 17.6 Å². The van der Waals surface area contributed by atoms with Crippen molar-refractivity contribution in [2.24, 2.45) is 5.10 Å². The smallest absolute Gasteiger partial charge is 0.282 e. The number of halogens is 2. The van der Waals surface area contributed by atoms with Gasteiger partial charge in [0.25, 0.3) is 5.56 Å². The van der Waals surface area contributed by atoms with Crippen LogP contribution >= 0.6 is 31.9 Å². The van der Waals surface area contributed by atoms with Crippen LogP contribution in [-0.4, -0.2) is 22.5 Å². The second-order valence-corrected chi connectivity index (χ2v) is 7.76. The molecule has 0 bridgehead atoms. The predicted octanol–water partition coefficient (Wildman–Crippen LogP) is 4.66. The van der Waals surface area contributed by atoms with Gasteiger partial charge in [0.2, 0.25) is 0 Å². The predicted molar refractivity (Wildman–Crippen MR) is 116 cm³/mol. The summed E-state index contributed by atoms with van der Waals surface area (Å²) in [5, 5.41) is 13.6. The molecule has 1 heterocycles. The van der Waals surface area contributed by atoms with Gasteiger partial charge in [0, 0.05) is 20.9 Å². The average Bonchev–Trinajstić information content (AvgIpc) is 2.68. The van der Waals surface area contributed by atoms with Gasteiger partial charge in [-0.05, 0) is 42.8 Å². The van der Waals surface area contributed by atoms with E-state index in [-0.39, 0.29) is 12.2 Å². The van der Waals surface area contributed by atoms with Crippen LogP contribution in [0.25, 0.3) is 10.9 Å². The Hall–Kier alpha value is -2.50. The Morgan fingerprint density at radius 2 is 2.00 bits per heavy atom.